The van der Waals surface area contributed by atoms with E-state index in [1.165, 1.54) is 18.3 Å². The first-order valence-corrected chi connectivity index (χ1v) is 8.50. The van der Waals surface area contributed by atoms with E-state index in [4.69, 9.17) is 5.11 Å². The van der Waals surface area contributed by atoms with Gasteiger partial charge in [-0.3, -0.25) is 9.20 Å². The van der Waals surface area contributed by atoms with Gasteiger partial charge in [-0.15, -0.1) is 4.68 Å². The van der Waals surface area contributed by atoms with Crippen LogP contribution in [0, 0.1) is 5.82 Å². The Hall–Kier alpha value is -3.81. The fourth-order valence-corrected chi connectivity index (χ4v) is 3.15. The molecule has 0 atom stereocenters. The van der Waals surface area contributed by atoms with E-state index in [2.05, 4.69) is 10.1 Å². The van der Waals surface area contributed by atoms with Crippen LogP contribution in [0.2, 0.25) is 0 Å². The van der Waals surface area contributed by atoms with Gasteiger partial charge in [0, 0.05) is 18.7 Å². The number of nitrogens with zero attached hydrogens (tertiary/aromatic N) is 3. The number of carboxylic acid groups (broad SMARTS) is 1. The average Bonchev–Trinajstić information content (AvgIpc) is 3.28. The third-order valence-electron chi connectivity index (χ3n) is 4.61. The minimum atomic E-state index is -1.17. The number of H-pyrrole nitrogens is 1. The second-order valence-electron chi connectivity index (χ2n) is 6.41. The number of pyridine rings is 1. The van der Waals surface area contributed by atoms with Crippen LogP contribution in [0.3, 0.4) is 0 Å². The summed E-state index contributed by atoms with van der Waals surface area (Å²) >= 11 is 0. The summed E-state index contributed by atoms with van der Waals surface area (Å²) in [4.78, 5) is 28.1. The Bertz CT molecular complexity index is 1230. The van der Waals surface area contributed by atoms with E-state index in [1.54, 1.807) is 10.6 Å². The van der Waals surface area contributed by atoms with E-state index in [0.717, 1.165) is 17.3 Å². The number of nitrogens with one attached hydrogen (secondary N) is 1. The largest absolute Gasteiger partial charge is 0.478 e. The number of halogens is 1. The maximum atomic E-state index is 14.0. The van der Waals surface area contributed by atoms with Gasteiger partial charge in [-0.1, -0.05) is 0 Å². The molecule has 0 fully saturated rings. The summed E-state index contributed by atoms with van der Waals surface area (Å²) in [5.41, 5.74) is 2.76. The van der Waals surface area contributed by atoms with Gasteiger partial charge in [-0.05, 0) is 35.9 Å². The molecule has 0 bridgehead atoms. The van der Waals surface area contributed by atoms with E-state index in [-0.39, 0.29) is 23.3 Å². The lowest BCUT2D eigenvalue weighted by atomic mass is 10.0. The number of rotatable bonds is 5. The standard InChI is InChI=1S/C20H15FN4O3/c1-24-16(4-6-23-24)12-5-7-25-17(11-22-19(25)10-12)18(26)9-14-8-13(20(27)28)2-3-15(14)21/h2-8,10-11H,9H2,1H3,(H,27,28)/p+1. The lowest BCUT2D eigenvalue weighted by molar-refractivity contribution is -0.716. The van der Waals surface area contributed by atoms with Crippen molar-refractivity contribution in [2.45, 2.75) is 6.42 Å². The summed E-state index contributed by atoms with van der Waals surface area (Å²) in [5, 5.41) is 12.1. The minimum Gasteiger partial charge on any atom is -0.478 e. The highest BCUT2D eigenvalue weighted by Gasteiger charge is 2.18. The normalized spacial score (nSPS) is 11.1. The number of aromatic amines is 1. The molecule has 28 heavy (non-hydrogen) atoms. The molecule has 0 aliphatic rings. The molecule has 7 nitrogen and oxygen atoms in total. The molecule has 4 rings (SSSR count). The highest BCUT2D eigenvalue weighted by Crippen LogP contribution is 2.19. The van der Waals surface area contributed by atoms with Crippen molar-refractivity contribution in [3.05, 3.63) is 77.6 Å². The Morgan fingerprint density at radius 2 is 2.07 bits per heavy atom. The highest BCUT2D eigenvalue weighted by atomic mass is 19.1. The number of aromatic nitrogens is 4. The van der Waals surface area contributed by atoms with Crippen molar-refractivity contribution in [3.8, 4) is 11.3 Å². The molecular formula is C20H16FN4O3+. The lowest BCUT2D eigenvalue weighted by Crippen LogP contribution is -2.31. The van der Waals surface area contributed by atoms with Crippen molar-refractivity contribution in [2.24, 2.45) is 7.05 Å². The van der Waals surface area contributed by atoms with Gasteiger partial charge >= 0.3 is 5.97 Å². The van der Waals surface area contributed by atoms with Crippen LogP contribution in [0.15, 0.2) is 55.0 Å². The Labute approximate surface area is 158 Å². The van der Waals surface area contributed by atoms with E-state index in [0.29, 0.717) is 11.3 Å². The number of carbonyl (C=O) groups excluding carboxylic acids is 1. The number of benzene rings is 1. The topological polar surface area (TPSA) is 91.3 Å². The molecule has 0 aliphatic heterocycles. The molecule has 0 aliphatic carbocycles. The number of carbonyl (C=O) groups is 2. The van der Waals surface area contributed by atoms with Gasteiger partial charge in [0.05, 0.1) is 23.5 Å². The number of hydrogen-bond donors (Lipinski definition) is 2. The zero-order valence-electron chi connectivity index (χ0n) is 14.9. The van der Waals surface area contributed by atoms with Crippen molar-refractivity contribution in [1.29, 1.82) is 0 Å². The molecule has 1 aromatic carbocycles. The molecule has 0 amide bonds. The van der Waals surface area contributed by atoms with E-state index >= 15 is 0 Å². The Morgan fingerprint density at radius 3 is 2.79 bits per heavy atom. The maximum absolute atomic E-state index is 14.0. The van der Waals surface area contributed by atoms with Crippen LogP contribution in [-0.2, 0) is 13.5 Å². The predicted molar refractivity (Wildman–Crippen MR) is 97.5 cm³/mol. The van der Waals surface area contributed by atoms with Crippen molar-refractivity contribution in [1.82, 2.24) is 14.5 Å². The smallest absolute Gasteiger partial charge is 0.335 e. The van der Waals surface area contributed by atoms with E-state index in [9.17, 15) is 14.0 Å². The second-order valence-corrected chi connectivity index (χ2v) is 6.41. The van der Waals surface area contributed by atoms with Gasteiger partial charge < -0.3 is 5.11 Å². The molecule has 0 saturated carbocycles. The maximum Gasteiger partial charge on any atom is 0.335 e. The van der Waals surface area contributed by atoms with Gasteiger partial charge in [0.1, 0.15) is 17.2 Å². The Balaban J connectivity index is 1.66. The third kappa shape index (κ3) is 3.05. The average molecular weight is 379 g/mol. The van der Waals surface area contributed by atoms with E-state index in [1.807, 2.05) is 36.1 Å². The number of carboxylic acids is 1. The molecule has 3 heterocycles. The summed E-state index contributed by atoms with van der Waals surface area (Å²) in [7, 11) is 1.89. The molecular weight excluding hydrogens is 363 g/mol. The molecule has 0 radical (unpaired) electrons. The number of ketones is 1. The summed E-state index contributed by atoms with van der Waals surface area (Å²) in [5.74, 6) is -2.14. The second kappa shape index (κ2) is 6.73. The summed E-state index contributed by atoms with van der Waals surface area (Å²) in [6.45, 7) is 0. The lowest BCUT2D eigenvalue weighted by Gasteiger charge is -2.05. The van der Waals surface area contributed by atoms with Gasteiger partial charge in [0.15, 0.2) is 12.8 Å². The fourth-order valence-electron chi connectivity index (χ4n) is 3.15. The molecule has 0 unspecified atom stereocenters. The summed E-state index contributed by atoms with van der Waals surface area (Å²) in [6.07, 6.45) is 4.74. The number of imidazole rings is 1. The summed E-state index contributed by atoms with van der Waals surface area (Å²) in [6, 6.07) is 9.06. The number of Topliss-reactive ketones (excluding diaryl/α,β-unsaturated/α-hetero) is 1. The first-order valence-electron chi connectivity index (χ1n) is 8.50. The molecule has 0 saturated heterocycles. The SMILES string of the molecule is C[n+]1[nH]ccc1-c1ccn2c(C(=O)Cc3cc(C(=O)O)ccc3F)cnc2c1. The molecule has 3 aromatic heterocycles. The monoisotopic (exact) mass is 379 g/mol. The van der Waals surface area contributed by atoms with Crippen LogP contribution in [0.1, 0.15) is 26.4 Å². The molecule has 140 valence electrons. The van der Waals surface area contributed by atoms with Crippen LogP contribution in [-0.4, -0.2) is 31.3 Å². The molecule has 0 spiro atoms. The minimum absolute atomic E-state index is 0.0378. The quantitative estimate of drug-likeness (QED) is 0.412. The van der Waals surface area contributed by atoms with Crippen LogP contribution in [0.4, 0.5) is 4.39 Å². The van der Waals surface area contributed by atoms with Crippen LogP contribution >= 0.6 is 0 Å². The first-order chi connectivity index (χ1) is 13.4. The molecule has 8 heteroatoms. The number of aryl methyl sites for hydroxylation is 1. The molecule has 4 aromatic rings. The van der Waals surface area contributed by atoms with Crippen LogP contribution in [0.25, 0.3) is 16.9 Å². The Kier molecular flexibility index (Phi) is 4.23. The predicted octanol–water partition coefficient (Wildman–Crippen LogP) is 2.42. The number of fused-ring (bicyclic) bond motifs is 1. The highest BCUT2D eigenvalue weighted by molar-refractivity contribution is 5.97. The number of aromatic carboxylic acids is 1. The van der Waals surface area contributed by atoms with Crippen molar-refractivity contribution >= 4 is 17.4 Å². The Morgan fingerprint density at radius 1 is 1.25 bits per heavy atom. The van der Waals surface area contributed by atoms with Crippen LogP contribution < -0.4 is 4.68 Å². The van der Waals surface area contributed by atoms with E-state index < -0.39 is 11.8 Å². The zero-order valence-corrected chi connectivity index (χ0v) is 14.9. The summed E-state index contributed by atoms with van der Waals surface area (Å²) < 4.78 is 17.5. The van der Waals surface area contributed by atoms with Gasteiger partial charge in [-0.25, -0.2) is 14.2 Å². The molecule has 2 N–H and O–H groups in total. The zero-order chi connectivity index (χ0) is 19.8. The third-order valence-corrected chi connectivity index (χ3v) is 4.61. The number of hydrogen-bond acceptors (Lipinski definition) is 3. The van der Waals surface area contributed by atoms with Gasteiger partial charge in [0.25, 0.3) is 0 Å². The van der Waals surface area contributed by atoms with Gasteiger partial charge in [-0.2, -0.15) is 5.10 Å². The van der Waals surface area contributed by atoms with Crippen molar-refractivity contribution < 1.29 is 23.8 Å². The van der Waals surface area contributed by atoms with Gasteiger partial charge in [0.2, 0.25) is 5.69 Å². The van der Waals surface area contributed by atoms with Crippen molar-refractivity contribution in [3.63, 3.8) is 0 Å². The fraction of sp³-hybridized carbons (Fsp3) is 0.100. The van der Waals surface area contributed by atoms with Crippen LogP contribution in [0.5, 0.6) is 0 Å². The first kappa shape index (κ1) is 17.6. The van der Waals surface area contributed by atoms with Crippen molar-refractivity contribution in [2.75, 3.05) is 0 Å².